The molecular weight excluding hydrogens is 305 g/mol. The van der Waals surface area contributed by atoms with Crippen molar-refractivity contribution in [3.63, 3.8) is 0 Å². The van der Waals surface area contributed by atoms with Gasteiger partial charge < -0.3 is 10.0 Å². The van der Waals surface area contributed by atoms with E-state index >= 15 is 0 Å². The summed E-state index contributed by atoms with van der Waals surface area (Å²) in [7, 11) is 0. The van der Waals surface area contributed by atoms with Crippen molar-refractivity contribution >= 4 is 27.8 Å². The number of benzene rings is 1. The van der Waals surface area contributed by atoms with E-state index in [0.29, 0.717) is 4.47 Å². The number of aliphatic carboxylic acids is 1. The molecule has 1 fully saturated rings. The average molecular weight is 316 g/mol. The van der Waals surface area contributed by atoms with Crippen LogP contribution in [0.15, 0.2) is 22.7 Å². The van der Waals surface area contributed by atoms with Gasteiger partial charge in [0, 0.05) is 10.5 Å². The van der Waals surface area contributed by atoms with Crippen molar-refractivity contribution in [2.24, 2.45) is 0 Å². The van der Waals surface area contributed by atoms with Gasteiger partial charge in [0.2, 0.25) is 0 Å². The molecule has 4 nitrogen and oxygen atoms in total. The van der Waals surface area contributed by atoms with Gasteiger partial charge >= 0.3 is 5.97 Å². The predicted octanol–water partition coefficient (Wildman–Crippen LogP) is 2.28. The first kappa shape index (κ1) is 13.0. The van der Waals surface area contributed by atoms with Crippen LogP contribution in [0.5, 0.6) is 0 Å². The van der Waals surface area contributed by atoms with E-state index in [4.69, 9.17) is 5.11 Å². The van der Waals surface area contributed by atoms with E-state index in [1.54, 1.807) is 0 Å². The summed E-state index contributed by atoms with van der Waals surface area (Å²) in [5.41, 5.74) is 0.156. The molecule has 1 amide bonds. The second kappa shape index (κ2) is 5.06. The molecule has 0 aliphatic heterocycles. The summed E-state index contributed by atoms with van der Waals surface area (Å²) in [4.78, 5) is 24.2. The number of amides is 1. The van der Waals surface area contributed by atoms with Crippen LogP contribution in [0, 0.1) is 5.82 Å². The zero-order valence-corrected chi connectivity index (χ0v) is 11.0. The molecule has 1 N–H and O–H groups in total. The third kappa shape index (κ3) is 2.87. The van der Waals surface area contributed by atoms with E-state index in [0.717, 1.165) is 18.9 Å². The van der Waals surface area contributed by atoms with Gasteiger partial charge in [0.15, 0.2) is 0 Å². The van der Waals surface area contributed by atoms with Gasteiger partial charge in [-0.1, -0.05) is 0 Å². The monoisotopic (exact) mass is 315 g/mol. The zero-order chi connectivity index (χ0) is 13.3. The van der Waals surface area contributed by atoms with Gasteiger partial charge in [-0.05, 0) is 47.0 Å². The molecule has 1 aliphatic rings. The Kier molecular flexibility index (Phi) is 3.65. The predicted molar refractivity (Wildman–Crippen MR) is 65.8 cm³/mol. The van der Waals surface area contributed by atoms with Crippen LogP contribution in [0.25, 0.3) is 0 Å². The quantitative estimate of drug-likeness (QED) is 0.927. The molecule has 0 unspecified atom stereocenters. The molecule has 96 valence electrons. The molecule has 6 heteroatoms. The van der Waals surface area contributed by atoms with Crippen molar-refractivity contribution in [2.45, 2.75) is 18.9 Å². The zero-order valence-electron chi connectivity index (χ0n) is 9.40. The van der Waals surface area contributed by atoms with Crippen LogP contribution in [0.3, 0.4) is 0 Å². The smallest absolute Gasteiger partial charge is 0.323 e. The van der Waals surface area contributed by atoms with Gasteiger partial charge in [-0.2, -0.15) is 0 Å². The first-order valence-corrected chi connectivity index (χ1v) is 6.26. The van der Waals surface area contributed by atoms with E-state index < -0.39 is 17.7 Å². The van der Waals surface area contributed by atoms with E-state index in [2.05, 4.69) is 15.9 Å². The molecule has 0 radical (unpaired) electrons. The number of rotatable bonds is 4. The number of carboxylic acid groups (broad SMARTS) is 1. The Bertz CT molecular complexity index is 502. The van der Waals surface area contributed by atoms with Gasteiger partial charge in [0.25, 0.3) is 5.91 Å². The summed E-state index contributed by atoms with van der Waals surface area (Å²) in [6, 6.07) is 3.75. The van der Waals surface area contributed by atoms with Crippen molar-refractivity contribution in [2.75, 3.05) is 6.54 Å². The second-order valence-electron chi connectivity index (χ2n) is 4.18. The summed E-state index contributed by atoms with van der Waals surface area (Å²) in [5, 5.41) is 8.80. The lowest BCUT2D eigenvalue weighted by Gasteiger charge is -2.20. The molecule has 0 saturated heterocycles. The van der Waals surface area contributed by atoms with E-state index in [-0.39, 0.29) is 18.2 Å². The maximum atomic E-state index is 13.1. The molecule has 1 aliphatic carbocycles. The highest BCUT2D eigenvalue weighted by atomic mass is 79.9. The molecule has 0 aromatic heterocycles. The van der Waals surface area contributed by atoms with Crippen molar-refractivity contribution < 1.29 is 19.1 Å². The topological polar surface area (TPSA) is 57.6 Å². The minimum absolute atomic E-state index is 0.0382. The van der Waals surface area contributed by atoms with E-state index in [1.165, 1.54) is 17.0 Å². The summed E-state index contributed by atoms with van der Waals surface area (Å²) in [5.74, 6) is -2.04. The standard InChI is InChI=1S/C12H11BrFNO3/c13-10-4-1-7(14)5-9(10)12(18)15(6-11(16)17)8-2-3-8/h1,4-5,8H,2-3,6H2,(H,16,17). The maximum Gasteiger partial charge on any atom is 0.323 e. The van der Waals surface area contributed by atoms with Gasteiger partial charge in [0.05, 0.1) is 5.56 Å². The van der Waals surface area contributed by atoms with Gasteiger partial charge in [0.1, 0.15) is 12.4 Å². The normalized spacial score (nSPS) is 14.3. The Labute approximate surface area is 112 Å². The average Bonchev–Trinajstić information content (AvgIpc) is 3.12. The second-order valence-corrected chi connectivity index (χ2v) is 5.04. The Morgan fingerprint density at radius 1 is 1.44 bits per heavy atom. The number of carbonyl (C=O) groups is 2. The molecule has 0 atom stereocenters. The van der Waals surface area contributed by atoms with Crippen LogP contribution >= 0.6 is 15.9 Å². The highest BCUT2D eigenvalue weighted by Crippen LogP contribution is 2.29. The molecule has 0 spiro atoms. The number of hydrogen-bond acceptors (Lipinski definition) is 2. The molecule has 1 saturated carbocycles. The van der Waals surface area contributed by atoms with Crippen molar-refractivity contribution in [1.29, 1.82) is 0 Å². The summed E-state index contributed by atoms with van der Waals surface area (Å²) in [6.07, 6.45) is 1.60. The summed E-state index contributed by atoms with van der Waals surface area (Å²) < 4.78 is 13.6. The van der Waals surface area contributed by atoms with Gasteiger partial charge in [-0.15, -0.1) is 0 Å². The Morgan fingerprint density at radius 3 is 2.67 bits per heavy atom. The fraction of sp³-hybridized carbons (Fsp3) is 0.333. The fourth-order valence-electron chi connectivity index (χ4n) is 1.71. The maximum absolute atomic E-state index is 13.1. The van der Waals surface area contributed by atoms with Crippen LogP contribution in [-0.4, -0.2) is 34.5 Å². The largest absolute Gasteiger partial charge is 0.480 e. The number of halogens is 2. The molecule has 0 bridgehead atoms. The molecule has 2 rings (SSSR count). The Hall–Kier alpha value is -1.43. The van der Waals surface area contributed by atoms with Crippen LogP contribution in [0.1, 0.15) is 23.2 Å². The van der Waals surface area contributed by atoms with Gasteiger partial charge in [-0.3, -0.25) is 9.59 Å². The highest BCUT2D eigenvalue weighted by Gasteiger charge is 2.35. The minimum atomic E-state index is -1.07. The lowest BCUT2D eigenvalue weighted by Crippen LogP contribution is -2.37. The molecular formula is C12H11BrFNO3. The first-order valence-electron chi connectivity index (χ1n) is 5.47. The lowest BCUT2D eigenvalue weighted by molar-refractivity contribution is -0.137. The number of carbonyl (C=O) groups excluding carboxylic acids is 1. The van der Waals surface area contributed by atoms with Crippen LogP contribution < -0.4 is 0 Å². The molecule has 1 aromatic carbocycles. The Morgan fingerprint density at radius 2 is 2.11 bits per heavy atom. The first-order chi connectivity index (χ1) is 8.49. The number of hydrogen-bond donors (Lipinski definition) is 1. The molecule has 18 heavy (non-hydrogen) atoms. The van der Waals surface area contributed by atoms with Crippen molar-refractivity contribution in [3.8, 4) is 0 Å². The summed E-state index contributed by atoms with van der Waals surface area (Å²) in [6.45, 7) is -0.355. The third-order valence-corrected chi connectivity index (χ3v) is 3.40. The minimum Gasteiger partial charge on any atom is -0.480 e. The van der Waals surface area contributed by atoms with Crippen molar-refractivity contribution in [3.05, 3.63) is 34.1 Å². The lowest BCUT2D eigenvalue weighted by atomic mass is 10.2. The van der Waals surface area contributed by atoms with Crippen LogP contribution in [-0.2, 0) is 4.79 Å². The number of nitrogens with zero attached hydrogens (tertiary/aromatic N) is 1. The third-order valence-electron chi connectivity index (χ3n) is 2.71. The van der Waals surface area contributed by atoms with Crippen LogP contribution in [0.4, 0.5) is 4.39 Å². The van der Waals surface area contributed by atoms with E-state index in [1.807, 2.05) is 0 Å². The Balaban J connectivity index is 2.27. The van der Waals surface area contributed by atoms with Crippen LogP contribution in [0.2, 0.25) is 0 Å². The SMILES string of the molecule is O=C(O)CN(C(=O)c1cc(F)ccc1Br)C1CC1. The number of carboxylic acids is 1. The molecule has 1 aromatic rings. The van der Waals surface area contributed by atoms with Crippen molar-refractivity contribution in [1.82, 2.24) is 4.90 Å². The summed E-state index contributed by atoms with van der Waals surface area (Å²) >= 11 is 3.17. The highest BCUT2D eigenvalue weighted by molar-refractivity contribution is 9.10. The van der Waals surface area contributed by atoms with E-state index in [9.17, 15) is 14.0 Å². The fourth-order valence-corrected chi connectivity index (χ4v) is 2.13. The molecule has 0 heterocycles. The van der Waals surface area contributed by atoms with Gasteiger partial charge in [-0.25, -0.2) is 4.39 Å².